The van der Waals surface area contributed by atoms with Crippen LogP contribution in [0.3, 0.4) is 0 Å². The molecule has 4 nitrogen and oxygen atoms in total. The number of rotatable bonds is 8. The van der Waals surface area contributed by atoms with Gasteiger partial charge in [0, 0.05) is 19.8 Å². The predicted octanol–water partition coefficient (Wildman–Crippen LogP) is 2.55. The van der Waals surface area contributed by atoms with Crippen LogP contribution in [0.5, 0.6) is 0 Å². The van der Waals surface area contributed by atoms with E-state index in [-0.39, 0.29) is 5.91 Å². The maximum Gasteiger partial charge on any atom is 0.233 e. The van der Waals surface area contributed by atoms with E-state index in [9.17, 15) is 4.79 Å². The Labute approximate surface area is 133 Å². The van der Waals surface area contributed by atoms with Gasteiger partial charge >= 0.3 is 0 Å². The molecule has 2 aliphatic carbocycles. The molecule has 0 spiro atoms. The van der Waals surface area contributed by atoms with Crippen LogP contribution >= 0.6 is 12.2 Å². The van der Waals surface area contributed by atoms with Gasteiger partial charge in [0.05, 0.1) is 10.4 Å². The average molecular weight is 312 g/mol. The summed E-state index contributed by atoms with van der Waals surface area (Å²) >= 11 is 5.21. The molecule has 2 fully saturated rings. The molecule has 0 aromatic heterocycles. The van der Waals surface area contributed by atoms with E-state index in [1.54, 1.807) is 0 Å². The van der Waals surface area contributed by atoms with E-state index in [0.29, 0.717) is 11.5 Å². The third-order valence-corrected chi connectivity index (χ3v) is 5.06. The van der Waals surface area contributed by atoms with E-state index in [0.717, 1.165) is 51.2 Å². The Kier molecular flexibility index (Phi) is 6.42. The van der Waals surface area contributed by atoms with Gasteiger partial charge in [-0.15, -0.1) is 0 Å². The molecule has 3 N–H and O–H groups in total. The minimum atomic E-state index is -0.610. The van der Waals surface area contributed by atoms with Crippen LogP contribution in [0.1, 0.15) is 57.8 Å². The summed E-state index contributed by atoms with van der Waals surface area (Å²) in [6.45, 7) is 2.25. The molecule has 0 radical (unpaired) electrons. The van der Waals surface area contributed by atoms with Crippen molar-refractivity contribution in [3.8, 4) is 0 Å². The Morgan fingerprint density at radius 1 is 1.24 bits per heavy atom. The highest BCUT2D eigenvalue weighted by molar-refractivity contribution is 7.80. The van der Waals surface area contributed by atoms with Crippen molar-refractivity contribution in [2.75, 3.05) is 19.8 Å². The number of carbonyl (C=O) groups is 1. The number of carbonyl (C=O) groups excluding carboxylic acids is 1. The van der Waals surface area contributed by atoms with Crippen molar-refractivity contribution in [3.63, 3.8) is 0 Å². The number of nitrogens with one attached hydrogen (secondary N) is 1. The Morgan fingerprint density at radius 2 is 1.90 bits per heavy atom. The van der Waals surface area contributed by atoms with Crippen molar-refractivity contribution in [3.05, 3.63) is 0 Å². The second-order valence-electron chi connectivity index (χ2n) is 6.49. The molecule has 0 aliphatic heterocycles. The first-order valence-electron chi connectivity index (χ1n) is 8.31. The first kappa shape index (κ1) is 16.7. The van der Waals surface area contributed by atoms with Crippen LogP contribution < -0.4 is 11.1 Å². The lowest BCUT2D eigenvalue weighted by molar-refractivity contribution is -0.128. The molecule has 2 saturated carbocycles. The summed E-state index contributed by atoms with van der Waals surface area (Å²) in [4.78, 5) is 12.9. The highest BCUT2D eigenvalue weighted by atomic mass is 32.1. The van der Waals surface area contributed by atoms with Gasteiger partial charge in [0.2, 0.25) is 5.91 Å². The molecule has 0 aromatic carbocycles. The summed E-state index contributed by atoms with van der Waals surface area (Å²) in [5, 5.41) is 3.02. The van der Waals surface area contributed by atoms with E-state index in [4.69, 9.17) is 22.7 Å². The van der Waals surface area contributed by atoms with Gasteiger partial charge in [0.1, 0.15) is 0 Å². The molecule has 0 heterocycles. The number of amides is 1. The van der Waals surface area contributed by atoms with Gasteiger partial charge in [-0.25, -0.2) is 0 Å². The number of thiocarbonyl (C=S) groups is 1. The molecule has 2 rings (SSSR count). The third kappa shape index (κ3) is 4.92. The molecule has 1 amide bonds. The zero-order valence-electron chi connectivity index (χ0n) is 12.9. The molecular formula is C16H28N2O2S. The van der Waals surface area contributed by atoms with Crippen molar-refractivity contribution >= 4 is 23.1 Å². The molecule has 0 aromatic rings. The molecule has 2 aliphatic rings. The fourth-order valence-corrected chi connectivity index (χ4v) is 3.29. The van der Waals surface area contributed by atoms with Crippen LogP contribution in [0.25, 0.3) is 0 Å². The average Bonchev–Trinajstić information content (AvgIpc) is 3.28. The zero-order valence-corrected chi connectivity index (χ0v) is 13.7. The van der Waals surface area contributed by atoms with E-state index < -0.39 is 5.41 Å². The predicted molar refractivity (Wildman–Crippen MR) is 88.1 cm³/mol. The maximum atomic E-state index is 12.5. The minimum Gasteiger partial charge on any atom is -0.392 e. The van der Waals surface area contributed by atoms with E-state index in [2.05, 4.69) is 5.32 Å². The van der Waals surface area contributed by atoms with Gasteiger partial charge in [0.25, 0.3) is 0 Å². The third-order valence-electron chi connectivity index (χ3n) is 4.66. The summed E-state index contributed by atoms with van der Waals surface area (Å²) in [6.07, 6.45) is 9.49. The molecule has 5 heteroatoms. The molecule has 0 saturated heterocycles. The van der Waals surface area contributed by atoms with Gasteiger partial charge in [-0.1, -0.05) is 37.9 Å². The fraction of sp³-hybridized carbons (Fsp3) is 0.875. The molecular weight excluding hydrogens is 284 g/mol. The van der Waals surface area contributed by atoms with Crippen LogP contribution in [0.4, 0.5) is 0 Å². The Balaban J connectivity index is 1.71. The lowest BCUT2D eigenvalue weighted by Crippen LogP contribution is -2.49. The number of ether oxygens (including phenoxy) is 1. The normalized spacial score (nSPS) is 21.5. The first-order chi connectivity index (χ1) is 10.1. The number of hydrogen-bond donors (Lipinski definition) is 2. The van der Waals surface area contributed by atoms with Crippen LogP contribution in [0.15, 0.2) is 0 Å². The molecule has 21 heavy (non-hydrogen) atoms. The standard InChI is InChI=1S/C16H28N2O2S/c17-14(21)16(8-3-1-2-4-9-16)15(19)18-10-5-11-20-12-13-6-7-13/h13H,1-12H2,(H2,17,21)(H,18,19). The quantitative estimate of drug-likeness (QED) is 0.411. The second-order valence-corrected chi connectivity index (χ2v) is 6.93. The first-order valence-corrected chi connectivity index (χ1v) is 8.72. The van der Waals surface area contributed by atoms with Crippen molar-refractivity contribution in [1.82, 2.24) is 5.32 Å². The minimum absolute atomic E-state index is 0.0269. The fourth-order valence-electron chi connectivity index (χ4n) is 3.00. The van der Waals surface area contributed by atoms with Gasteiger partial charge in [0.15, 0.2) is 0 Å². The molecule has 0 bridgehead atoms. The van der Waals surface area contributed by atoms with Gasteiger partial charge in [-0.05, 0) is 38.0 Å². The Hall–Kier alpha value is -0.680. The number of nitrogens with two attached hydrogens (primary N) is 1. The summed E-state index contributed by atoms with van der Waals surface area (Å²) in [6, 6.07) is 0. The second kappa shape index (κ2) is 8.08. The Morgan fingerprint density at radius 3 is 2.48 bits per heavy atom. The lowest BCUT2D eigenvalue weighted by atomic mass is 9.79. The molecule has 0 atom stereocenters. The van der Waals surface area contributed by atoms with Crippen LogP contribution in [0, 0.1) is 11.3 Å². The topological polar surface area (TPSA) is 64.4 Å². The summed E-state index contributed by atoms with van der Waals surface area (Å²) in [5.74, 6) is 0.822. The van der Waals surface area contributed by atoms with Gasteiger partial charge in [-0.3, -0.25) is 4.79 Å². The SMILES string of the molecule is NC(=S)C1(C(=O)NCCCOCC2CC2)CCCCCC1. The van der Waals surface area contributed by atoms with E-state index in [1.807, 2.05) is 0 Å². The van der Waals surface area contributed by atoms with Crippen molar-refractivity contribution in [2.45, 2.75) is 57.8 Å². The van der Waals surface area contributed by atoms with E-state index >= 15 is 0 Å². The summed E-state index contributed by atoms with van der Waals surface area (Å²) in [5.41, 5.74) is 5.30. The number of hydrogen-bond acceptors (Lipinski definition) is 3. The molecule has 0 unspecified atom stereocenters. The van der Waals surface area contributed by atoms with E-state index in [1.165, 1.54) is 25.7 Å². The summed E-state index contributed by atoms with van der Waals surface area (Å²) < 4.78 is 5.58. The molecule has 120 valence electrons. The lowest BCUT2D eigenvalue weighted by Gasteiger charge is -2.30. The van der Waals surface area contributed by atoms with Crippen LogP contribution in [0.2, 0.25) is 0 Å². The van der Waals surface area contributed by atoms with Gasteiger partial charge < -0.3 is 15.8 Å². The highest BCUT2D eigenvalue weighted by Crippen LogP contribution is 2.35. The Bertz CT molecular complexity index is 361. The van der Waals surface area contributed by atoms with Crippen molar-refractivity contribution in [1.29, 1.82) is 0 Å². The van der Waals surface area contributed by atoms with Crippen molar-refractivity contribution < 1.29 is 9.53 Å². The van der Waals surface area contributed by atoms with Crippen LogP contribution in [-0.4, -0.2) is 30.7 Å². The van der Waals surface area contributed by atoms with Gasteiger partial charge in [-0.2, -0.15) is 0 Å². The van der Waals surface area contributed by atoms with Crippen LogP contribution in [-0.2, 0) is 9.53 Å². The highest BCUT2D eigenvalue weighted by Gasteiger charge is 2.41. The largest absolute Gasteiger partial charge is 0.392 e. The monoisotopic (exact) mass is 312 g/mol. The smallest absolute Gasteiger partial charge is 0.233 e. The maximum absolute atomic E-state index is 12.5. The summed E-state index contributed by atoms with van der Waals surface area (Å²) in [7, 11) is 0. The van der Waals surface area contributed by atoms with Crippen molar-refractivity contribution in [2.24, 2.45) is 17.1 Å². The zero-order chi connectivity index (χ0) is 15.1.